The molecule has 3 rings (SSSR count). The summed E-state index contributed by atoms with van der Waals surface area (Å²) in [5.74, 6) is -0.0770. The fraction of sp³-hybridized carbons (Fsp3) is 0.267. The van der Waals surface area contributed by atoms with Gasteiger partial charge in [0, 0.05) is 36.9 Å². The van der Waals surface area contributed by atoms with Gasteiger partial charge in [-0.25, -0.2) is 5.10 Å². The van der Waals surface area contributed by atoms with Gasteiger partial charge in [-0.15, -0.1) is 0 Å². The maximum absolute atomic E-state index is 12.2. The molecule has 0 spiro atoms. The number of hydrogen-bond acceptors (Lipinski definition) is 3. The second-order valence-electron chi connectivity index (χ2n) is 5.41. The van der Waals surface area contributed by atoms with Gasteiger partial charge < -0.3 is 9.47 Å². The summed E-state index contributed by atoms with van der Waals surface area (Å²) in [5.41, 5.74) is 1.60. The van der Waals surface area contributed by atoms with Crippen molar-refractivity contribution in [3.8, 4) is 0 Å². The first-order chi connectivity index (χ1) is 10.4. The van der Waals surface area contributed by atoms with Crippen molar-refractivity contribution in [3.63, 3.8) is 0 Å². The second kappa shape index (κ2) is 5.14. The minimum absolute atomic E-state index is 0.0770. The van der Waals surface area contributed by atoms with Crippen LogP contribution in [0.25, 0.3) is 21.8 Å². The molecule has 0 atom stereocenters. The predicted molar refractivity (Wildman–Crippen MR) is 86.2 cm³/mol. The van der Waals surface area contributed by atoms with Gasteiger partial charge in [0.2, 0.25) is 5.91 Å². The number of halogens is 1. The van der Waals surface area contributed by atoms with Crippen LogP contribution < -0.4 is 5.56 Å². The van der Waals surface area contributed by atoms with E-state index in [-0.39, 0.29) is 17.9 Å². The lowest BCUT2D eigenvalue weighted by molar-refractivity contribution is -0.128. The van der Waals surface area contributed by atoms with Crippen LogP contribution in [0.1, 0.15) is 5.69 Å². The molecule has 114 valence electrons. The van der Waals surface area contributed by atoms with E-state index in [1.807, 2.05) is 6.07 Å². The van der Waals surface area contributed by atoms with Crippen molar-refractivity contribution in [2.24, 2.45) is 7.05 Å². The zero-order valence-electron chi connectivity index (χ0n) is 12.5. The molecule has 3 aromatic rings. The number of benzene rings is 1. The topological polar surface area (TPSA) is 71.0 Å². The van der Waals surface area contributed by atoms with E-state index in [1.165, 1.54) is 4.90 Å². The molecule has 7 heteroatoms. The third kappa shape index (κ3) is 2.16. The molecule has 0 unspecified atom stereocenters. The first kappa shape index (κ1) is 14.6. The molecule has 0 radical (unpaired) electrons. The van der Waals surface area contributed by atoms with E-state index in [4.69, 9.17) is 11.6 Å². The molecule has 0 fully saturated rings. The Morgan fingerprint density at radius 3 is 2.82 bits per heavy atom. The number of nitrogens with one attached hydrogen (secondary N) is 1. The third-order valence-corrected chi connectivity index (χ3v) is 4.01. The van der Waals surface area contributed by atoms with Crippen LogP contribution in [0.3, 0.4) is 0 Å². The Balaban J connectivity index is 2.38. The highest BCUT2D eigenvalue weighted by atomic mass is 35.5. The van der Waals surface area contributed by atoms with E-state index in [0.29, 0.717) is 21.6 Å². The first-order valence-electron chi connectivity index (χ1n) is 6.75. The molecule has 0 saturated heterocycles. The number of aromatic amines is 1. The van der Waals surface area contributed by atoms with Gasteiger partial charge in [0.1, 0.15) is 5.52 Å². The summed E-state index contributed by atoms with van der Waals surface area (Å²) in [5, 5.41) is 8.71. The van der Waals surface area contributed by atoms with Crippen LogP contribution in [-0.4, -0.2) is 39.7 Å². The van der Waals surface area contributed by atoms with Crippen LogP contribution in [0.15, 0.2) is 23.0 Å². The summed E-state index contributed by atoms with van der Waals surface area (Å²) in [4.78, 5) is 25.7. The molecule has 1 amide bonds. The van der Waals surface area contributed by atoms with Crippen LogP contribution >= 0.6 is 11.6 Å². The van der Waals surface area contributed by atoms with Gasteiger partial charge in [0.15, 0.2) is 0 Å². The second-order valence-corrected chi connectivity index (χ2v) is 5.84. The average molecular weight is 319 g/mol. The molecule has 2 heterocycles. The Morgan fingerprint density at radius 1 is 1.41 bits per heavy atom. The van der Waals surface area contributed by atoms with Gasteiger partial charge in [-0.05, 0) is 12.1 Å². The minimum atomic E-state index is -0.286. The summed E-state index contributed by atoms with van der Waals surface area (Å²) in [7, 11) is 5.18. The highest BCUT2D eigenvalue weighted by Crippen LogP contribution is 2.30. The first-order valence-corrected chi connectivity index (χ1v) is 7.13. The largest absolute Gasteiger partial charge is 0.348 e. The van der Waals surface area contributed by atoms with Crippen LogP contribution in [0.2, 0.25) is 5.02 Å². The molecule has 0 saturated carbocycles. The lowest BCUT2D eigenvalue weighted by Crippen LogP contribution is -2.25. The molecule has 2 aromatic heterocycles. The smallest absolute Gasteiger partial charge is 0.288 e. The molecule has 0 aliphatic rings. The Kier molecular flexibility index (Phi) is 3.41. The predicted octanol–water partition coefficient (Wildman–Crippen LogP) is 1.70. The molecular weight excluding hydrogens is 304 g/mol. The summed E-state index contributed by atoms with van der Waals surface area (Å²) in [6.45, 7) is 0. The maximum Gasteiger partial charge on any atom is 0.288 e. The molecule has 0 aliphatic heterocycles. The van der Waals surface area contributed by atoms with Crippen LogP contribution in [0.5, 0.6) is 0 Å². The molecule has 0 aliphatic carbocycles. The van der Waals surface area contributed by atoms with Crippen LogP contribution in [0.4, 0.5) is 0 Å². The Labute approximate surface area is 131 Å². The van der Waals surface area contributed by atoms with E-state index < -0.39 is 0 Å². The zero-order valence-corrected chi connectivity index (χ0v) is 13.2. The summed E-state index contributed by atoms with van der Waals surface area (Å²) in [6.07, 6.45) is 0.127. The van der Waals surface area contributed by atoms with Crippen LogP contribution in [-0.2, 0) is 18.3 Å². The van der Waals surface area contributed by atoms with Gasteiger partial charge in [-0.3, -0.25) is 9.59 Å². The van der Waals surface area contributed by atoms with Crippen molar-refractivity contribution in [2.45, 2.75) is 6.42 Å². The van der Waals surface area contributed by atoms with Crippen molar-refractivity contribution >= 4 is 39.3 Å². The van der Waals surface area contributed by atoms with E-state index in [2.05, 4.69) is 10.2 Å². The third-order valence-electron chi connectivity index (χ3n) is 3.78. The van der Waals surface area contributed by atoms with Gasteiger partial charge in [-0.2, -0.15) is 5.10 Å². The van der Waals surface area contributed by atoms with Gasteiger partial charge in [-0.1, -0.05) is 17.7 Å². The number of aryl methyl sites for hydroxylation is 1. The van der Waals surface area contributed by atoms with E-state index in [9.17, 15) is 9.59 Å². The normalized spacial score (nSPS) is 11.3. The number of carbonyl (C=O) groups is 1. The monoisotopic (exact) mass is 318 g/mol. The number of nitrogens with zero attached hydrogens (tertiary/aromatic N) is 3. The van der Waals surface area contributed by atoms with Gasteiger partial charge >= 0.3 is 0 Å². The number of aromatic nitrogens is 3. The van der Waals surface area contributed by atoms with E-state index in [1.54, 1.807) is 37.8 Å². The molecule has 1 N–H and O–H groups in total. The average Bonchev–Trinajstić information content (AvgIpc) is 2.76. The SMILES string of the molecule is CN(C)C(=O)Cc1n[nH]c(=O)c2c1c1ccc(Cl)cc1n2C. The van der Waals surface area contributed by atoms with Crippen molar-refractivity contribution in [1.82, 2.24) is 19.7 Å². The number of fused-ring (bicyclic) bond motifs is 3. The van der Waals surface area contributed by atoms with Crippen molar-refractivity contribution in [3.05, 3.63) is 39.3 Å². The number of carbonyl (C=O) groups excluding carboxylic acids is 1. The number of amides is 1. The quantitative estimate of drug-likeness (QED) is 0.781. The number of H-pyrrole nitrogens is 1. The molecular formula is C15H15ClN4O2. The molecule has 0 bridgehead atoms. The Hall–Kier alpha value is -2.34. The summed E-state index contributed by atoms with van der Waals surface area (Å²) in [6, 6.07) is 5.42. The zero-order chi connectivity index (χ0) is 16.0. The Morgan fingerprint density at radius 2 is 2.14 bits per heavy atom. The molecule has 22 heavy (non-hydrogen) atoms. The maximum atomic E-state index is 12.2. The van der Waals surface area contributed by atoms with Crippen LogP contribution in [0, 0.1) is 0 Å². The lowest BCUT2D eigenvalue weighted by atomic mass is 10.1. The number of hydrogen-bond donors (Lipinski definition) is 1. The van der Waals surface area contributed by atoms with Crippen molar-refractivity contribution in [1.29, 1.82) is 0 Å². The Bertz CT molecular complexity index is 955. The van der Waals surface area contributed by atoms with Gasteiger partial charge in [0.25, 0.3) is 5.56 Å². The fourth-order valence-corrected chi connectivity index (χ4v) is 2.79. The van der Waals surface area contributed by atoms with Gasteiger partial charge in [0.05, 0.1) is 17.6 Å². The van der Waals surface area contributed by atoms with E-state index >= 15 is 0 Å². The highest BCUT2D eigenvalue weighted by molar-refractivity contribution is 6.31. The fourth-order valence-electron chi connectivity index (χ4n) is 2.62. The molecule has 6 nitrogen and oxygen atoms in total. The highest BCUT2D eigenvalue weighted by Gasteiger charge is 2.18. The number of rotatable bonds is 2. The van der Waals surface area contributed by atoms with E-state index in [0.717, 1.165) is 10.9 Å². The van der Waals surface area contributed by atoms with Crippen molar-refractivity contribution < 1.29 is 4.79 Å². The standard InChI is InChI=1S/C15H15ClN4O2/c1-19(2)12(21)7-10-13-9-5-4-8(16)6-11(9)20(3)14(13)15(22)18-17-10/h4-6H,7H2,1-3H3,(H,18,22). The minimum Gasteiger partial charge on any atom is -0.348 e. The summed E-state index contributed by atoms with van der Waals surface area (Å²) >= 11 is 6.05. The lowest BCUT2D eigenvalue weighted by Gasteiger charge is -2.10. The number of likely N-dealkylation sites (N-methyl/N-ethyl adjacent to an activating group) is 1. The van der Waals surface area contributed by atoms with Crippen molar-refractivity contribution in [2.75, 3.05) is 14.1 Å². The summed E-state index contributed by atoms with van der Waals surface area (Å²) < 4.78 is 1.78. The molecule has 1 aromatic carbocycles.